The van der Waals surface area contributed by atoms with E-state index in [9.17, 15) is 0 Å². The van der Waals surface area contributed by atoms with Crippen molar-refractivity contribution >= 4 is 15.9 Å². The van der Waals surface area contributed by atoms with Crippen LogP contribution in [0, 0.1) is 5.92 Å². The van der Waals surface area contributed by atoms with E-state index in [0.717, 1.165) is 4.47 Å². The number of rotatable bonds is 4. The van der Waals surface area contributed by atoms with E-state index in [1.54, 1.807) is 0 Å². The zero-order chi connectivity index (χ0) is 11.4. The van der Waals surface area contributed by atoms with E-state index in [1.807, 2.05) is 0 Å². The van der Waals surface area contributed by atoms with Crippen LogP contribution >= 0.6 is 15.9 Å². The Bertz CT molecular complexity index is 292. The third-order valence-electron chi connectivity index (χ3n) is 2.88. The molecule has 0 aliphatic heterocycles. The summed E-state index contributed by atoms with van der Waals surface area (Å²) in [6.07, 6.45) is 0. The minimum atomic E-state index is 0.412. The second kappa shape index (κ2) is 5.66. The first-order valence-electron chi connectivity index (χ1n) is 5.52. The van der Waals surface area contributed by atoms with Crippen molar-refractivity contribution in [2.24, 2.45) is 5.92 Å². The first kappa shape index (κ1) is 12.7. The van der Waals surface area contributed by atoms with E-state index < -0.39 is 0 Å². The summed E-state index contributed by atoms with van der Waals surface area (Å²) in [5, 5.41) is 3.60. The lowest BCUT2D eigenvalue weighted by atomic mass is 10.0. The van der Waals surface area contributed by atoms with Gasteiger partial charge in [0.05, 0.1) is 0 Å². The van der Waals surface area contributed by atoms with Crippen molar-refractivity contribution in [1.82, 2.24) is 5.32 Å². The van der Waals surface area contributed by atoms with E-state index >= 15 is 0 Å². The summed E-state index contributed by atoms with van der Waals surface area (Å²) in [6, 6.07) is 9.46. The molecule has 0 fully saturated rings. The maximum atomic E-state index is 3.60. The predicted molar refractivity (Wildman–Crippen MR) is 70.0 cm³/mol. The molecular weight excluding hydrogens is 250 g/mol. The number of halogens is 1. The fourth-order valence-corrected chi connectivity index (χ4v) is 1.70. The second-order valence-corrected chi connectivity index (χ2v) is 5.39. The van der Waals surface area contributed by atoms with Crippen LogP contribution < -0.4 is 5.32 Å². The average Bonchev–Trinajstić information content (AvgIpc) is 2.18. The topological polar surface area (TPSA) is 12.0 Å². The largest absolute Gasteiger partial charge is 0.307 e. The van der Waals surface area contributed by atoms with Gasteiger partial charge in [0.2, 0.25) is 0 Å². The maximum absolute atomic E-state index is 3.60. The van der Waals surface area contributed by atoms with Crippen LogP contribution in [-0.4, -0.2) is 6.04 Å². The Kier molecular flexibility index (Phi) is 4.81. The van der Waals surface area contributed by atoms with Crippen molar-refractivity contribution in [2.45, 2.75) is 39.8 Å². The molecule has 2 heteroatoms. The second-order valence-electron chi connectivity index (χ2n) is 4.47. The van der Waals surface area contributed by atoms with Crippen molar-refractivity contribution in [2.75, 3.05) is 0 Å². The Morgan fingerprint density at radius 2 is 1.53 bits per heavy atom. The van der Waals surface area contributed by atoms with Gasteiger partial charge in [-0.1, -0.05) is 41.9 Å². The van der Waals surface area contributed by atoms with Crippen molar-refractivity contribution in [1.29, 1.82) is 0 Å². The summed E-state index contributed by atoms with van der Waals surface area (Å²) in [4.78, 5) is 0. The normalized spacial score (nSPS) is 15.3. The van der Waals surface area contributed by atoms with Crippen molar-refractivity contribution in [3.05, 3.63) is 34.3 Å². The van der Waals surface area contributed by atoms with E-state index in [0.29, 0.717) is 18.0 Å². The van der Waals surface area contributed by atoms with E-state index in [-0.39, 0.29) is 0 Å². The van der Waals surface area contributed by atoms with Gasteiger partial charge in [0, 0.05) is 16.6 Å². The molecule has 15 heavy (non-hydrogen) atoms. The van der Waals surface area contributed by atoms with Gasteiger partial charge in [0.15, 0.2) is 0 Å². The Balaban J connectivity index is 2.61. The number of hydrogen-bond acceptors (Lipinski definition) is 1. The van der Waals surface area contributed by atoms with Gasteiger partial charge in [0.25, 0.3) is 0 Å². The predicted octanol–water partition coefficient (Wildman–Crippen LogP) is 4.14. The van der Waals surface area contributed by atoms with Crippen LogP contribution in [-0.2, 0) is 0 Å². The van der Waals surface area contributed by atoms with E-state index in [2.05, 4.69) is 73.2 Å². The standard InChI is InChI=1S/C13H20BrN/c1-9(2)10(3)15-11(4)12-5-7-13(14)8-6-12/h5-11,15H,1-4H3/t10-,11+/m0/s1. The van der Waals surface area contributed by atoms with Gasteiger partial charge in [0.1, 0.15) is 0 Å². The molecular formula is C13H20BrN. The molecule has 1 aromatic rings. The Hall–Kier alpha value is -0.340. The fourth-order valence-electron chi connectivity index (χ4n) is 1.43. The Morgan fingerprint density at radius 3 is 2.00 bits per heavy atom. The molecule has 1 nitrogen and oxygen atoms in total. The van der Waals surface area contributed by atoms with Crippen molar-refractivity contribution in [3.63, 3.8) is 0 Å². The highest BCUT2D eigenvalue weighted by molar-refractivity contribution is 9.10. The lowest BCUT2D eigenvalue weighted by Gasteiger charge is -2.23. The highest BCUT2D eigenvalue weighted by Gasteiger charge is 2.11. The van der Waals surface area contributed by atoms with Crippen molar-refractivity contribution < 1.29 is 0 Å². The third-order valence-corrected chi connectivity index (χ3v) is 3.41. The van der Waals surface area contributed by atoms with Crippen LogP contribution in [0.3, 0.4) is 0 Å². The van der Waals surface area contributed by atoms with Crippen LogP contribution in [0.25, 0.3) is 0 Å². The van der Waals surface area contributed by atoms with Crippen LogP contribution in [0.1, 0.15) is 39.3 Å². The zero-order valence-electron chi connectivity index (χ0n) is 9.92. The number of nitrogens with one attached hydrogen (secondary N) is 1. The molecule has 0 saturated carbocycles. The summed E-state index contributed by atoms with van der Waals surface area (Å²) < 4.78 is 1.13. The summed E-state index contributed by atoms with van der Waals surface area (Å²) >= 11 is 3.45. The summed E-state index contributed by atoms with van der Waals surface area (Å²) in [7, 11) is 0. The van der Waals surface area contributed by atoms with E-state index in [4.69, 9.17) is 0 Å². The number of hydrogen-bond donors (Lipinski definition) is 1. The van der Waals surface area contributed by atoms with Gasteiger partial charge < -0.3 is 5.32 Å². The zero-order valence-corrected chi connectivity index (χ0v) is 11.5. The minimum Gasteiger partial charge on any atom is -0.307 e. The summed E-state index contributed by atoms with van der Waals surface area (Å²) in [6.45, 7) is 8.93. The molecule has 0 spiro atoms. The SMILES string of the molecule is CC(C)[C@H](C)N[C@H](C)c1ccc(Br)cc1. The molecule has 0 amide bonds. The Labute approximate surface area is 101 Å². The van der Waals surface area contributed by atoms with Gasteiger partial charge >= 0.3 is 0 Å². The molecule has 0 aromatic heterocycles. The van der Waals surface area contributed by atoms with Gasteiger partial charge in [-0.05, 0) is 37.5 Å². The van der Waals surface area contributed by atoms with Crippen LogP contribution in [0.15, 0.2) is 28.7 Å². The quantitative estimate of drug-likeness (QED) is 0.866. The number of benzene rings is 1. The maximum Gasteiger partial charge on any atom is 0.0294 e. The van der Waals surface area contributed by atoms with Gasteiger partial charge in [-0.3, -0.25) is 0 Å². The first-order chi connectivity index (χ1) is 7.00. The smallest absolute Gasteiger partial charge is 0.0294 e. The molecule has 0 unspecified atom stereocenters. The molecule has 84 valence electrons. The molecule has 0 aliphatic carbocycles. The molecule has 0 saturated heterocycles. The van der Waals surface area contributed by atoms with Crippen LogP contribution in [0.5, 0.6) is 0 Å². The fraction of sp³-hybridized carbons (Fsp3) is 0.538. The molecule has 2 atom stereocenters. The summed E-state index contributed by atoms with van der Waals surface area (Å²) in [5.74, 6) is 0.669. The van der Waals surface area contributed by atoms with Gasteiger partial charge in [-0.2, -0.15) is 0 Å². The molecule has 1 rings (SSSR count). The molecule has 0 bridgehead atoms. The highest BCUT2D eigenvalue weighted by Crippen LogP contribution is 2.17. The van der Waals surface area contributed by atoms with Crippen LogP contribution in [0.4, 0.5) is 0 Å². The highest BCUT2D eigenvalue weighted by atomic mass is 79.9. The molecule has 1 N–H and O–H groups in total. The van der Waals surface area contributed by atoms with Crippen molar-refractivity contribution in [3.8, 4) is 0 Å². The molecule has 0 heterocycles. The van der Waals surface area contributed by atoms with Gasteiger partial charge in [-0.25, -0.2) is 0 Å². The minimum absolute atomic E-state index is 0.412. The van der Waals surface area contributed by atoms with Crippen LogP contribution in [0.2, 0.25) is 0 Å². The average molecular weight is 270 g/mol. The first-order valence-corrected chi connectivity index (χ1v) is 6.31. The lowest BCUT2D eigenvalue weighted by molar-refractivity contribution is 0.389. The van der Waals surface area contributed by atoms with Gasteiger partial charge in [-0.15, -0.1) is 0 Å². The lowest BCUT2D eigenvalue weighted by Crippen LogP contribution is -2.32. The summed E-state index contributed by atoms with van der Waals surface area (Å²) in [5.41, 5.74) is 1.34. The third kappa shape index (κ3) is 3.96. The Morgan fingerprint density at radius 1 is 1.00 bits per heavy atom. The molecule has 0 radical (unpaired) electrons. The molecule has 0 aliphatic rings. The monoisotopic (exact) mass is 269 g/mol. The van der Waals surface area contributed by atoms with E-state index in [1.165, 1.54) is 5.56 Å². The molecule has 1 aromatic carbocycles.